The Morgan fingerprint density at radius 2 is 1.92 bits per heavy atom. The van der Waals surface area contributed by atoms with Crippen molar-refractivity contribution in [2.75, 3.05) is 19.0 Å². The van der Waals surface area contributed by atoms with Crippen LogP contribution in [0.1, 0.15) is 49.4 Å². The maximum atomic E-state index is 13.3. The highest BCUT2D eigenvalue weighted by Crippen LogP contribution is 2.34. The van der Waals surface area contributed by atoms with E-state index in [1.807, 2.05) is 31.2 Å². The Morgan fingerprint density at radius 1 is 1.16 bits per heavy atom. The van der Waals surface area contributed by atoms with Crippen molar-refractivity contribution in [3.63, 3.8) is 0 Å². The minimum absolute atomic E-state index is 0.0404. The number of nitrogens with one attached hydrogen (secondary N) is 1. The number of furan rings is 1. The van der Waals surface area contributed by atoms with Crippen molar-refractivity contribution >= 4 is 43.4 Å². The molecule has 4 aromatic rings. The van der Waals surface area contributed by atoms with Gasteiger partial charge in [0.1, 0.15) is 5.69 Å². The fraction of sp³-hybridized carbons (Fsp3) is 0.333. The minimum atomic E-state index is -3.62. The van der Waals surface area contributed by atoms with Gasteiger partial charge in [0.2, 0.25) is 10.0 Å². The van der Waals surface area contributed by atoms with Gasteiger partial charge in [0.05, 0.1) is 12.0 Å². The van der Waals surface area contributed by atoms with Crippen LogP contribution in [0.3, 0.4) is 0 Å². The smallest absolute Gasteiger partial charge is 0.257 e. The number of hydrogen-bond donors (Lipinski definition) is 1. The molecule has 8 nitrogen and oxygen atoms in total. The van der Waals surface area contributed by atoms with Crippen molar-refractivity contribution in [2.45, 2.75) is 50.0 Å². The molecule has 0 saturated heterocycles. The number of rotatable bonds is 8. The number of methoxy groups -OCH3 is 1. The fourth-order valence-electron chi connectivity index (χ4n) is 4.84. The summed E-state index contributed by atoms with van der Waals surface area (Å²) in [6.45, 7) is 2.30. The molecular formula is C27H29N3O5S2. The van der Waals surface area contributed by atoms with Crippen LogP contribution in [0, 0.1) is 0 Å². The highest BCUT2D eigenvalue weighted by molar-refractivity contribution is 7.89. The molecule has 0 bridgehead atoms. The number of fused-ring (bicyclic) bond motifs is 1. The summed E-state index contributed by atoms with van der Waals surface area (Å²) in [6.07, 6.45) is 5.05. The Hall–Kier alpha value is -3.21. The highest BCUT2D eigenvalue weighted by atomic mass is 32.2. The first kappa shape index (κ1) is 25.4. The van der Waals surface area contributed by atoms with Gasteiger partial charge in [-0.15, -0.1) is 11.3 Å². The van der Waals surface area contributed by atoms with Gasteiger partial charge in [-0.3, -0.25) is 10.1 Å². The van der Waals surface area contributed by atoms with Gasteiger partial charge >= 0.3 is 0 Å². The summed E-state index contributed by atoms with van der Waals surface area (Å²) in [5.74, 6) is 0.846. The third-order valence-corrected chi connectivity index (χ3v) is 9.52. The van der Waals surface area contributed by atoms with Gasteiger partial charge < -0.3 is 9.15 Å². The summed E-state index contributed by atoms with van der Waals surface area (Å²) < 4.78 is 39.5. The molecule has 2 aromatic carbocycles. The number of nitrogens with zero attached hydrogens (tertiary/aromatic N) is 2. The van der Waals surface area contributed by atoms with Gasteiger partial charge in [-0.1, -0.05) is 38.3 Å². The molecule has 0 atom stereocenters. The van der Waals surface area contributed by atoms with Crippen LogP contribution in [0.2, 0.25) is 0 Å². The molecule has 0 spiro atoms. The Kier molecular flexibility index (Phi) is 7.32. The van der Waals surface area contributed by atoms with Crippen LogP contribution in [-0.2, 0) is 10.0 Å². The number of benzene rings is 2. The van der Waals surface area contributed by atoms with Crippen LogP contribution in [-0.4, -0.2) is 43.3 Å². The highest BCUT2D eigenvalue weighted by Gasteiger charge is 2.31. The topological polar surface area (TPSA) is 102 Å². The van der Waals surface area contributed by atoms with Crippen LogP contribution in [0.25, 0.3) is 22.4 Å². The summed E-state index contributed by atoms with van der Waals surface area (Å²) in [7, 11) is -2.03. The van der Waals surface area contributed by atoms with Crippen LogP contribution >= 0.6 is 11.3 Å². The number of aromatic nitrogens is 1. The molecular weight excluding hydrogens is 510 g/mol. The number of ether oxygens (including phenoxy) is 1. The monoisotopic (exact) mass is 539 g/mol. The molecule has 1 amide bonds. The van der Waals surface area contributed by atoms with Gasteiger partial charge in [-0.2, -0.15) is 4.31 Å². The normalized spacial score (nSPS) is 14.8. The maximum absolute atomic E-state index is 13.3. The average Bonchev–Trinajstić information content (AvgIpc) is 3.56. The summed E-state index contributed by atoms with van der Waals surface area (Å²) in [6, 6.07) is 13.7. The molecule has 1 aliphatic rings. The SMILES string of the molecule is CCN(C1CCCCC1)S(=O)(=O)c1ccc(C(=O)Nc2nc(-c3cc4cccc(OC)c4o3)cs2)cc1. The van der Waals surface area contributed by atoms with Gasteiger partial charge in [0.25, 0.3) is 5.91 Å². The van der Waals surface area contributed by atoms with Crippen LogP contribution in [0.4, 0.5) is 5.13 Å². The Morgan fingerprint density at radius 3 is 2.62 bits per heavy atom. The lowest BCUT2D eigenvalue weighted by Crippen LogP contribution is -2.41. The van der Waals surface area contributed by atoms with E-state index < -0.39 is 10.0 Å². The van der Waals surface area contributed by atoms with Crippen LogP contribution < -0.4 is 10.1 Å². The number of hydrogen-bond acceptors (Lipinski definition) is 7. The van der Waals surface area contributed by atoms with Crippen molar-refractivity contribution in [3.8, 4) is 17.2 Å². The molecule has 194 valence electrons. The molecule has 2 heterocycles. The number of amides is 1. The zero-order valence-corrected chi connectivity index (χ0v) is 22.4. The molecule has 2 aromatic heterocycles. The zero-order valence-electron chi connectivity index (χ0n) is 20.8. The van der Waals surface area contributed by atoms with E-state index in [0.717, 1.165) is 37.5 Å². The standard InChI is InChI=1S/C27H29N3O5S2/c1-3-30(20-9-5-4-6-10-20)37(32,33)21-14-12-18(13-15-21)26(31)29-27-28-22(17-36-27)24-16-19-8-7-11-23(34-2)25(19)35-24/h7-8,11-17,20H,3-6,9-10H2,1-2H3,(H,28,29,31). The molecule has 1 N–H and O–H groups in total. The van der Waals surface area contributed by atoms with Crippen molar-refractivity contribution in [1.82, 2.24) is 9.29 Å². The lowest BCUT2D eigenvalue weighted by Gasteiger charge is -2.32. The molecule has 1 aliphatic carbocycles. The lowest BCUT2D eigenvalue weighted by atomic mass is 9.95. The van der Waals surface area contributed by atoms with E-state index in [4.69, 9.17) is 9.15 Å². The number of carbonyl (C=O) groups excluding carboxylic acids is 1. The third kappa shape index (κ3) is 5.14. The number of para-hydroxylation sites is 1. The van der Waals surface area contributed by atoms with E-state index in [2.05, 4.69) is 10.3 Å². The molecule has 10 heteroatoms. The second-order valence-electron chi connectivity index (χ2n) is 9.01. The summed E-state index contributed by atoms with van der Waals surface area (Å²) in [4.78, 5) is 17.5. The van der Waals surface area contributed by atoms with Crippen molar-refractivity contribution in [3.05, 3.63) is 59.5 Å². The summed E-state index contributed by atoms with van der Waals surface area (Å²) in [5, 5.41) is 5.91. The fourth-order valence-corrected chi connectivity index (χ4v) is 7.23. The largest absolute Gasteiger partial charge is 0.493 e. The van der Waals surface area contributed by atoms with Crippen molar-refractivity contribution in [1.29, 1.82) is 0 Å². The lowest BCUT2D eigenvalue weighted by molar-refractivity contribution is 0.102. The Bertz CT molecular complexity index is 1500. The molecule has 1 saturated carbocycles. The predicted octanol–water partition coefficient (Wildman–Crippen LogP) is 6.16. The minimum Gasteiger partial charge on any atom is -0.493 e. The van der Waals surface area contributed by atoms with E-state index in [0.29, 0.717) is 40.0 Å². The second-order valence-corrected chi connectivity index (χ2v) is 11.8. The van der Waals surface area contributed by atoms with E-state index in [-0.39, 0.29) is 16.8 Å². The molecule has 0 aliphatic heterocycles. The molecule has 0 unspecified atom stereocenters. The van der Waals surface area contributed by atoms with Crippen molar-refractivity contribution in [2.24, 2.45) is 0 Å². The second kappa shape index (κ2) is 10.6. The van der Waals surface area contributed by atoms with Gasteiger partial charge in [0, 0.05) is 28.9 Å². The molecule has 1 fully saturated rings. The Labute approximate surface area is 220 Å². The quantitative estimate of drug-likeness (QED) is 0.288. The zero-order chi connectivity index (χ0) is 26.0. The first-order chi connectivity index (χ1) is 17.9. The van der Waals surface area contributed by atoms with Crippen LogP contribution in [0.15, 0.2) is 63.2 Å². The average molecular weight is 540 g/mol. The first-order valence-electron chi connectivity index (χ1n) is 12.4. The van der Waals surface area contributed by atoms with E-state index in [1.54, 1.807) is 16.8 Å². The van der Waals surface area contributed by atoms with Gasteiger partial charge in [0.15, 0.2) is 22.2 Å². The maximum Gasteiger partial charge on any atom is 0.257 e. The van der Waals surface area contributed by atoms with E-state index in [1.165, 1.54) is 35.6 Å². The summed E-state index contributed by atoms with van der Waals surface area (Å²) >= 11 is 1.28. The third-order valence-electron chi connectivity index (χ3n) is 6.72. The summed E-state index contributed by atoms with van der Waals surface area (Å²) in [5.41, 5.74) is 1.59. The first-order valence-corrected chi connectivity index (χ1v) is 14.7. The number of anilines is 1. The predicted molar refractivity (Wildman–Crippen MR) is 145 cm³/mol. The van der Waals surface area contributed by atoms with Crippen molar-refractivity contribution < 1.29 is 22.4 Å². The number of sulfonamides is 1. The van der Waals surface area contributed by atoms with Crippen LogP contribution in [0.5, 0.6) is 5.75 Å². The number of carbonyl (C=O) groups is 1. The number of thiazole rings is 1. The van der Waals surface area contributed by atoms with Gasteiger partial charge in [-0.05, 0) is 49.2 Å². The molecule has 5 rings (SSSR count). The Balaban J connectivity index is 1.29. The van der Waals surface area contributed by atoms with Gasteiger partial charge in [-0.25, -0.2) is 13.4 Å². The molecule has 37 heavy (non-hydrogen) atoms. The molecule has 0 radical (unpaired) electrons. The van der Waals surface area contributed by atoms with E-state index in [9.17, 15) is 13.2 Å². The van der Waals surface area contributed by atoms with E-state index >= 15 is 0 Å².